The summed E-state index contributed by atoms with van der Waals surface area (Å²) in [5.74, 6) is 0. The fourth-order valence-corrected chi connectivity index (χ4v) is 3.34. The van der Waals surface area contributed by atoms with Crippen LogP contribution in [-0.2, 0) is 6.42 Å². The van der Waals surface area contributed by atoms with Crippen molar-refractivity contribution >= 4 is 11.3 Å². The van der Waals surface area contributed by atoms with Crippen molar-refractivity contribution in [3.63, 3.8) is 0 Å². The van der Waals surface area contributed by atoms with Gasteiger partial charge < -0.3 is 5.32 Å². The van der Waals surface area contributed by atoms with Crippen molar-refractivity contribution in [2.24, 2.45) is 5.41 Å². The van der Waals surface area contributed by atoms with Gasteiger partial charge in [0.25, 0.3) is 0 Å². The van der Waals surface area contributed by atoms with Gasteiger partial charge in [-0.15, -0.1) is 11.3 Å². The monoisotopic (exact) mass is 252 g/mol. The summed E-state index contributed by atoms with van der Waals surface area (Å²) in [5.41, 5.74) is 3.74. The van der Waals surface area contributed by atoms with Gasteiger partial charge in [0, 0.05) is 17.5 Å². The lowest BCUT2D eigenvalue weighted by atomic mass is 9.75. The van der Waals surface area contributed by atoms with Crippen LogP contribution in [0, 0.1) is 12.3 Å². The summed E-state index contributed by atoms with van der Waals surface area (Å²) >= 11 is 1.78. The highest BCUT2D eigenvalue weighted by molar-refractivity contribution is 7.09. The van der Waals surface area contributed by atoms with Gasteiger partial charge in [-0.3, -0.25) is 0 Å². The predicted molar refractivity (Wildman–Crippen MR) is 74.6 cm³/mol. The Labute approximate surface area is 109 Å². The zero-order valence-corrected chi connectivity index (χ0v) is 12.1. The van der Waals surface area contributed by atoms with Crippen LogP contribution in [0.25, 0.3) is 0 Å². The molecule has 0 amide bonds. The average Bonchev–Trinajstić information content (AvgIpc) is 2.67. The molecule has 3 heteroatoms. The maximum Gasteiger partial charge on any atom is 0.0797 e. The largest absolute Gasteiger partial charge is 0.314 e. The first-order valence-corrected chi connectivity index (χ1v) is 7.57. The molecule has 2 rings (SSSR count). The molecule has 1 aliphatic rings. The van der Waals surface area contributed by atoms with Crippen molar-refractivity contribution in [2.45, 2.75) is 58.9 Å². The van der Waals surface area contributed by atoms with Crippen molar-refractivity contribution < 1.29 is 0 Å². The van der Waals surface area contributed by atoms with Gasteiger partial charge >= 0.3 is 0 Å². The number of aryl methyl sites for hydroxylation is 1. The molecule has 1 aromatic heterocycles. The van der Waals surface area contributed by atoms with Gasteiger partial charge in [0.15, 0.2) is 0 Å². The average molecular weight is 252 g/mol. The Morgan fingerprint density at radius 2 is 2.12 bits per heavy atom. The first-order chi connectivity index (χ1) is 8.07. The maximum atomic E-state index is 4.29. The van der Waals surface area contributed by atoms with Gasteiger partial charge in [0.1, 0.15) is 0 Å². The molecular formula is C14H24N2S. The van der Waals surface area contributed by atoms with Crippen LogP contribution < -0.4 is 5.32 Å². The molecule has 17 heavy (non-hydrogen) atoms. The third kappa shape index (κ3) is 3.78. The topological polar surface area (TPSA) is 24.9 Å². The minimum Gasteiger partial charge on any atom is -0.314 e. The summed E-state index contributed by atoms with van der Waals surface area (Å²) < 4.78 is 0. The molecule has 0 radical (unpaired) electrons. The Morgan fingerprint density at radius 1 is 1.41 bits per heavy atom. The van der Waals surface area contributed by atoms with Gasteiger partial charge in [-0.1, -0.05) is 13.8 Å². The van der Waals surface area contributed by atoms with Crippen LogP contribution in [0.1, 0.15) is 50.1 Å². The lowest BCUT2D eigenvalue weighted by Gasteiger charge is -2.34. The Morgan fingerprint density at radius 3 is 2.71 bits per heavy atom. The first-order valence-electron chi connectivity index (χ1n) is 6.69. The van der Waals surface area contributed by atoms with Crippen LogP contribution in [0.3, 0.4) is 0 Å². The lowest BCUT2D eigenvalue weighted by molar-refractivity contribution is 0.207. The summed E-state index contributed by atoms with van der Waals surface area (Å²) in [4.78, 5) is 5.73. The molecule has 0 bridgehead atoms. The highest BCUT2D eigenvalue weighted by atomic mass is 32.1. The molecule has 0 spiro atoms. The summed E-state index contributed by atoms with van der Waals surface area (Å²) in [7, 11) is 0. The number of nitrogens with one attached hydrogen (secondary N) is 1. The van der Waals surface area contributed by atoms with Crippen molar-refractivity contribution in [1.82, 2.24) is 10.3 Å². The molecule has 96 valence electrons. The third-order valence-corrected chi connectivity index (χ3v) is 4.96. The van der Waals surface area contributed by atoms with E-state index >= 15 is 0 Å². The molecule has 1 heterocycles. The summed E-state index contributed by atoms with van der Waals surface area (Å²) in [5, 5.41) is 3.70. The van der Waals surface area contributed by atoms with Crippen molar-refractivity contribution in [3.8, 4) is 0 Å². The minimum absolute atomic E-state index is 0.576. The van der Waals surface area contributed by atoms with E-state index in [-0.39, 0.29) is 0 Å². The smallest absolute Gasteiger partial charge is 0.0797 e. The van der Waals surface area contributed by atoms with E-state index in [2.05, 4.69) is 31.1 Å². The van der Waals surface area contributed by atoms with E-state index < -0.39 is 0 Å². The summed E-state index contributed by atoms with van der Waals surface area (Å²) in [6.07, 6.45) is 6.55. The van der Waals surface area contributed by atoms with Gasteiger partial charge in [-0.25, -0.2) is 4.98 Å². The standard InChI is InChI=1S/C14H24N2S/c1-11-13(17-10-16-11)6-9-15-12-4-7-14(2,3)8-5-12/h10,12,15H,4-9H2,1-3H3. The molecular weight excluding hydrogens is 228 g/mol. The van der Waals surface area contributed by atoms with Crippen LogP contribution in [-0.4, -0.2) is 17.6 Å². The van der Waals surface area contributed by atoms with E-state index in [1.165, 1.54) is 36.3 Å². The Bertz CT molecular complexity index is 347. The van der Waals surface area contributed by atoms with Crippen LogP contribution in [0.15, 0.2) is 5.51 Å². The fourth-order valence-electron chi connectivity index (χ4n) is 2.56. The second-order valence-corrected chi connectivity index (χ2v) is 6.94. The number of hydrogen-bond donors (Lipinski definition) is 1. The van der Waals surface area contributed by atoms with E-state index in [9.17, 15) is 0 Å². The van der Waals surface area contributed by atoms with Crippen LogP contribution in [0.2, 0.25) is 0 Å². The Kier molecular flexibility index (Phi) is 4.21. The Hall–Kier alpha value is -0.410. The van der Waals surface area contributed by atoms with E-state index in [4.69, 9.17) is 0 Å². The quantitative estimate of drug-likeness (QED) is 0.886. The molecule has 0 atom stereocenters. The molecule has 0 unspecified atom stereocenters. The van der Waals surface area contributed by atoms with Gasteiger partial charge in [0.2, 0.25) is 0 Å². The van der Waals surface area contributed by atoms with Crippen molar-refractivity contribution in [2.75, 3.05) is 6.54 Å². The third-order valence-electron chi connectivity index (χ3n) is 3.97. The molecule has 1 fully saturated rings. The second kappa shape index (κ2) is 5.49. The molecule has 1 aliphatic carbocycles. The molecule has 0 saturated heterocycles. The number of thiazole rings is 1. The van der Waals surface area contributed by atoms with Crippen LogP contribution >= 0.6 is 11.3 Å². The second-order valence-electron chi connectivity index (χ2n) is 6.00. The molecule has 1 aromatic rings. The number of nitrogens with zero attached hydrogens (tertiary/aromatic N) is 1. The van der Waals surface area contributed by atoms with E-state index in [0.717, 1.165) is 19.0 Å². The lowest BCUT2D eigenvalue weighted by Crippen LogP contribution is -2.36. The number of aromatic nitrogens is 1. The van der Waals surface area contributed by atoms with E-state index in [1.807, 2.05) is 5.51 Å². The van der Waals surface area contributed by atoms with Gasteiger partial charge in [0.05, 0.1) is 11.2 Å². The summed E-state index contributed by atoms with van der Waals surface area (Å²) in [6.45, 7) is 8.00. The van der Waals surface area contributed by atoms with Gasteiger partial charge in [-0.05, 0) is 44.4 Å². The van der Waals surface area contributed by atoms with Crippen molar-refractivity contribution in [3.05, 3.63) is 16.1 Å². The maximum absolute atomic E-state index is 4.29. The highest BCUT2D eigenvalue weighted by Crippen LogP contribution is 2.34. The Balaban J connectivity index is 1.68. The molecule has 0 aliphatic heterocycles. The number of hydrogen-bond acceptors (Lipinski definition) is 3. The zero-order chi connectivity index (χ0) is 12.3. The highest BCUT2D eigenvalue weighted by Gasteiger charge is 2.26. The number of rotatable bonds is 4. The predicted octanol–water partition coefficient (Wildman–Crippen LogP) is 3.55. The van der Waals surface area contributed by atoms with Gasteiger partial charge in [-0.2, -0.15) is 0 Å². The molecule has 1 N–H and O–H groups in total. The van der Waals surface area contributed by atoms with Crippen LogP contribution in [0.4, 0.5) is 0 Å². The van der Waals surface area contributed by atoms with Crippen molar-refractivity contribution in [1.29, 1.82) is 0 Å². The fraction of sp³-hybridized carbons (Fsp3) is 0.786. The molecule has 1 saturated carbocycles. The zero-order valence-electron chi connectivity index (χ0n) is 11.3. The SMILES string of the molecule is Cc1ncsc1CCNC1CCC(C)(C)CC1. The van der Waals surface area contributed by atoms with Crippen LogP contribution in [0.5, 0.6) is 0 Å². The summed E-state index contributed by atoms with van der Waals surface area (Å²) in [6, 6.07) is 0.747. The molecule has 2 nitrogen and oxygen atoms in total. The molecule has 0 aromatic carbocycles. The minimum atomic E-state index is 0.576. The van der Waals surface area contributed by atoms with E-state index in [0.29, 0.717) is 5.41 Å². The first kappa shape index (κ1) is 13.0. The van der Waals surface area contributed by atoms with E-state index in [1.54, 1.807) is 11.3 Å². The normalized spacial score (nSPS) is 20.6.